The molecule has 0 unspecified atom stereocenters. The predicted octanol–water partition coefficient (Wildman–Crippen LogP) is 1.06. The van der Waals surface area contributed by atoms with Gasteiger partial charge >= 0.3 is 51.4 Å². The predicted molar refractivity (Wildman–Crippen MR) is 69.3 cm³/mol. The van der Waals surface area contributed by atoms with Crippen LogP contribution < -0.4 is 51.4 Å². The van der Waals surface area contributed by atoms with Crippen molar-refractivity contribution in [3.63, 3.8) is 0 Å². The van der Waals surface area contributed by atoms with Crippen molar-refractivity contribution in [1.82, 2.24) is 0 Å². The molecule has 0 nitrogen and oxygen atoms in total. The maximum absolute atomic E-state index is 2.36. The SMILES string of the molecule is C[Si](C)(C)/C=C/[CH-]/C=C/[Si](C)(C)C.[K+]. The van der Waals surface area contributed by atoms with Crippen molar-refractivity contribution in [3.8, 4) is 0 Å². The van der Waals surface area contributed by atoms with Crippen LogP contribution in [0.3, 0.4) is 0 Å². The molecule has 0 atom stereocenters. The standard InChI is InChI=1S/C11H23Si2.K/c1-12(2,3)10-8-7-9-11-13(4,5)6;/h7-11H,1-6H3;/q-1;+1/b10-8+,11-9+;. The molecule has 3 heteroatoms. The van der Waals surface area contributed by atoms with Crippen LogP contribution in [0.15, 0.2) is 23.6 Å². The third kappa shape index (κ3) is 15.9. The molecule has 0 saturated heterocycles. The molecule has 0 amide bonds. The largest absolute Gasteiger partial charge is 1.00 e. The van der Waals surface area contributed by atoms with Gasteiger partial charge in [-0.25, -0.2) is 0 Å². The van der Waals surface area contributed by atoms with Crippen LogP contribution >= 0.6 is 0 Å². The normalized spacial score (nSPS) is 13.3. The summed E-state index contributed by atoms with van der Waals surface area (Å²) in [6, 6.07) is 0. The molecule has 0 aromatic heterocycles. The molecule has 0 heterocycles. The van der Waals surface area contributed by atoms with Crippen LogP contribution in [-0.4, -0.2) is 16.1 Å². The molecule has 0 rings (SSSR count). The van der Waals surface area contributed by atoms with Gasteiger partial charge in [-0.3, -0.25) is 0 Å². The molecule has 76 valence electrons. The first kappa shape index (κ1) is 17.8. The minimum Gasteiger partial charge on any atom is -0.183 e. The third-order valence-electron chi connectivity index (χ3n) is 1.41. The van der Waals surface area contributed by atoms with E-state index in [0.29, 0.717) is 0 Å². The molecule has 0 aromatic carbocycles. The van der Waals surface area contributed by atoms with Crippen LogP contribution in [-0.2, 0) is 0 Å². The second-order valence-electron chi connectivity index (χ2n) is 5.64. The number of rotatable bonds is 4. The summed E-state index contributed by atoms with van der Waals surface area (Å²) in [6.45, 7) is 14.1. The number of allylic oxidation sites excluding steroid dienone is 2. The first-order chi connectivity index (χ1) is 5.71. The summed E-state index contributed by atoms with van der Waals surface area (Å²) in [5.74, 6) is 0. The van der Waals surface area contributed by atoms with Gasteiger partial charge in [-0.2, -0.15) is 30.0 Å². The molecule has 0 bridgehead atoms. The van der Waals surface area contributed by atoms with Gasteiger partial charge in [-0.1, -0.05) is 39.3 Å². The van der Waals surface area contributed by atoms with Gasteiger partial charge in [0.05, 0.1) is 0 Å². The van der Waals surface area contributed by atoms with Crippen LogP contribution in [0.4, 0.5) is 0 Å². The summed E-state index contributed by atoms with van der Waals surface area (Å²) >= 11 is 0. The van der Waals surface area contributed by atoms with Gasteiger partial charge in [0, 0.05) is 16.1 Å². The van der Waals surface area contributed by atoms with E-state index in [9.17, 15) is 0 Å². The molecule has 0 aliphatic heterocycles. The Kier molecular flexibility index (Phi) is 9.73. The van der Waals surface area contributed by atoms with E-state index in [2.05, 4.69) is 69.3 Å². The molecule has 0 aliphatic carbocycles. The van der Waals surface area contributed by atoms with Crippen LogP contribution in [0, 0.1) is 6.42 Å². The van der Waals surface area contributed by atoms with Crippen molar-refractivity contribution in [2.45, 2.75) is 39.3 Å². The minimum atomic E-state index is -0.987. The molecule has 14 heavy (non-hydrogen) atoms. The Morgan fingerprint density at radius 2 is 1.00 bits per heavy atom. The van der Waals surface area contributed by atoms with Crippen LogP contribution in [0.5, 0.6) is 0 Å². The second-order valence-corrected chi connectivity index (χ2v) is 15.8. The summed E-state index contributed by atoms with van der Waals surface area (Å²) < 4.78 is 0. The summed E-state index contributed by atoms with van der Waals surface area (Å²) in [4.78, 5) is 0. The van der Waals surface area contributed by atoms with Gasteiger partial charge in [0.1, 0.15) is 0 Å². The van der Waals surface area contributed by atoms with Gasteiger partial charge in [0.25, 0.3) is 0 Å². The minimum absolute atomic E-state index is 0. The molecule has 0 spiro atoms. The molecule has 0 aliphatic rings. The Hall–Kier alpha value is 1.42. The van der Waals surface area contributed by atoms with Crippen molar-refractivity contribution >= 4 is 16.1 Å². The average molecular weight is 251 g/mol. The summed E-state index contributed by atoms with van der Waals surface area (Å²) in [7, 11) is -1.97. The molecular weight excluding hydrogens is 227 g/mol. The van der Waals surface area contributed by atoms with Gasteiger partial charge in [0.15, 0.2) is 0 Å². The van der Waals surface area contributed by atoms with Gasteiger partial charge in [0.2, 0.25) is 0 Å². The van der Waals surface area contributed by atoms with E-state index in [1.807, 2.05) is 0 Å². The van der Waals surface area contributed by atoms with Crippen molar-refractivity contribution in [3.05, 3.63) is 30.0 Å². The summed E-state index contributed by atoms with van der Waals surface area (Å²) in [5.41, 5.74) is 4.73. The van der Waals surface area contributed by atoms with Crippen LogP contribution in [0.25, 0.3) is 0 Å². The van der Waals surface area contributed by atoms with E-state index < -0.39 is 16.1 Å². The zero-order chi connectivity index (χ0) is 10.5. The molecule has 0 saturated carbocycles. The Morgan fingerprint density at radius 3 is 1.21 bits per heavy atom. The van der Waals surface area contributed by atoms with E-state index in [0.717, 1.165) is 0 Å². The smallest absolute Gasteiger partial charge is 0.183 e. The van der Waals surface area contributed by atoms with Crippen LogP contribution in [0.1, 0.15) is 0 Å². The van der Waals surface area contributed by atoms with E-state index in [4.69, 9.17) is 0 Å². The maximum atomic E-state index is 2.36. The Morgan fingerprint density at radius 1 is 0.714 bits per heavy atom. The zero-order valence-electron chi connectivity index (χ0n) is 10.9. The number of hydrogen-bond acceptors (Lipinski definition) is 0. The summed E-state index contributed by atoms with van der Waals surface area (Å²) in [5, 5.41) is 0. The monoisotopic (exact) mass is 250 g/mol. The fourth-order valence-corrected chi connectivity index (χ4v) is 2.13. The Balaban J connectivity index is 0. The molecule has 0 fully saturated rings. The van der Waals surface area contributed by atoms with E-state index >= 15 is 0 Å². The van der Waals surface area contributed by atoms with E-state index in [1.54, 1.807) is 0 Å². The van der Waals surface area contributed by atoms with Crippen molar-refractivity contribution < 1.29 is 51.4 Å². The molecule has 0 aromatic rings. The first-order valence-corrected chi connectivity index (χ1v) is 12.1. The average Bonchev–Trinajstić information content (AvgIpc) is 1.81. The fourth-order valence-electron chi connectivity index (χ4n) is 0.753. The zero-order valence-corrected chi connectivity index (χ0v) is 16.0. The van der Waals surface area contributed by atoms with Crippen molar-refractivity contribution in [1.29, 1.82) is 0 Å². The topological polar surface area (TPSA) is 0 Å². The quantitative estimate of drug-likeness (QED) is 0.517. The third-order valence-corrected chi connectivity index (χ3v) is 3.80. The number of hydrogen-bond donors (Lipinski definition) is 0. The second kappa shape index (κ2) is 7.65. The van der Waals surface area contributed by atoms with Gasteiger partial charge < -0.3 is 0 Å². The summed E-state index contributed by atoms with van der Waals surface area (Å²) in [6.07, 6.45) is 6.56. The van der Waals surface area contributed by atoms with E-state index in [1.165, 1.54) is 0 Å². The van der Waals surface area contributed by atoms with Crippen molar-refractivity contribution in [2.24, 2.45) is 0 Å². The van der Waals surface area contributed by atoms with Gasteiger partial charge in [-0.05, 0) is 0 Å². The first-order valence-electron chi connectivity index (χ1n) is 4.91. The van der Waals surface area contributed by atoms with E-state index in [-0.39, 0.29) is 51.4 Å². The molecular formula is C11H23KSi2. The fraction of sp³-hybridized carbons (Fsp3) is 0.545. The molecule has 0 radical (unpaired) electrons. The van der Waals surface area contributed by atoms with Crippen molar-refractivity contribution in [2.75, 3.05) is 0 Å². The maximum Gasteiger partial charge on any atom is 1.00 e. The Bertz CT molecular complexity index is 172. The van der Waals surface area contributed by atoms with Gasteiger partial charge in [-0.15, -0.1) is 0 Å². The molecule has 0 N–H and O–H groups in total. The van der Waals surface area contributed by atoms with Crippen LogP contribution in [0.2, 0.25) is 39.3 Å². The Labute approximate surface area is 135 Å².